The van der Waals surface area contributed by atoms with Crippen molar-refractivity contribution in [3.05, 3.63) is 124 Å². The predicted octanol–water partition coefficient (Wildman–Crippen LogP) is 5.52. The molecule has 4 aromatic carbocycles. The Labute approximate surface area is 237 Å². The number of amides is 1. The molecule has 4 aromatic rings. The zero-order valence-corrected chi connectivity index (χ0v) is 23.3. The molecule has 0 fully saturated rings. The lowest BCUT2D eigenvalue weighted by Crippen LogP contribution is -2.39. The number of nitrogens with zero attached hydrogens (tertiary/aromatic N) is 2. The van der Waals surface area contributed by atoms with Crippen molar-refractivity contribution in [3.63, 3.8) is 0 Å². The van der Waals surface area contributed by atoms with Gasteiger partial charge in [-0.15, -0.1) is 0 Å². The van der Waals surface area contributed by atoms with Crippen molar-refractivity contribution in [1.29, 1.82) is 0 Å². The van der Waals surface area contributed by atoms with Crippen molar-refractivity contribution in [1.82, 2.24) is 5.43 Å². The quantitative estimate of drug-likeness (QED) is 0.122. The fourth-order valence-corrected chi connectivity index (χ4v) is 5.18. The Morgan fingerprint density at radius 3 is 2.23 bits per heavy atom. The molecule has 10 heteroatoms. The van der Waals surface area contributed by atoms with Crippen LogP contribution in [0.25, 0.3) is 0 Å². The van der Waals surface area contributed by atoms with Crippen molar-refractivity contribution >= 4 is 45.4 Å². The third-order valence-electron chi connectivity index (χ3n) is 5.97. The summed E-state index contributed by atoms with van der Waals surface area (Å²) in [6.07, 6.45) is 1.40. The first-order chi connectivity index (χ1) is 19.1. The number of benzene rings is 4. The van der Waals surface area contributed by atoms with E-state index in [0.29, 0.717) is 27.6 Å². The van der Waals surface area contributed by atoms with E-state index in [-0.39, 0.29) is 4.90 Å². The number of halogens is 1. The second-order valence-corrected chi connectivity index (χ2v) is 11.2. The monoisotopic (exact) mass is 575 g/mol. The average molecular weight is 576 g/mol. The molecule has 0 aliphatic heterocycles. The number of sulfonamides is 1. The minimum Gasteiger partial charge on any atom is -0.423 e. The lowest BCUT2D eigenvalue weighted by Gasteiger charge is -2.24. The van der Waals surface area contributed by atoms with Crippen LogP contribution >= 0.6 is 11.6 Å². The van der Waals surface area contributed by atoms with Crippen molar-refractivity contribution < 1.29 is 22.7 Å². The number of rotatable bonds is 9. The van der Waals surface area contributed by atoms with E-state index in [9.17, 15) is 18.0 Å². The third-order valence-corrected chi connectivity index (χ3v) is 8.01. The fraction of sp³-hybridized carbons (Fsp3) is 0.100. The standard InChI is InChI=1S/C30H26ClN3O5S/c1-21-8-13-26(18-22(21)2)34(40(37,38)28-16-11-25(31)12-17-28)20-29(35)33-32-19-23-9-14-27(15-10-23)39-30(36)24-6-4-3-5-7-24/h3-19H,20H2,1-2H3,(H,33,35)/b32-19-. The minimum atomic E-state index is -4.09. The summed E-state index contributed by atoms with van der Waals surface area (Å²) >= 11 is 5.93. The summed E-state index contributed by atoms with van der Waals surface area (Å²) < 4.78 is 33.4. The first kappa shape index (κ1) is 28.5. The molecule has 1 N–H and O–H groups in total. The minimum absolute atomic E-state index is 0.000478. The summed E-state index contributed by atoms with van der Waals surface area (Å²) in [6, 6.07) is 26.1. The van der Waals surface area contributed by atoms with Gasteiger partial charge in [0.25, 0.3) is 15.9 Å². The summed E-state index contributed by atoms with van der Waals surface area (Å²) in [4.78, 5) is 25.0. The van der Waals surface area contributed by atoms with Crippen molar-refractivity contribution in [2.24, 2.45) is 5.10 Å². The number of esters is 1. The average Bonchev–Trinajstić information content (AvgIpc) is 2.95. The molecule has 0 atom stereocenters. The number of ether oxygens (including phenoxy) is 1. The molecule has 8 nitrogen and oxygen atoms in total. The normalized spacial score (nSPS) is 11.3. The number of hydrogen-bond donors (Lipinski definition) is 1. The van der Waals surface area contributed by atoms with E-state index in [1.165, 1.54) is 30.5 Å². The molecular formula is C30H26ClN3O5S. The molecular weight excluding hydrogens is 550 g/mol. The van der Waals surface area contributed by atoms with Crippen LogP contribution in [0.5, 0.6) is 5.75 Å². The van der Waals surface area contributed by atoms with Gasteiger partial charge in [0.15, 0.2) is 0 Å². The van der Waals surface area contributed by atoms with Gasteiger partial charge in [-0.2, -0.15) is 5.10 Å². The van der Waals surface area contributed by atoms with Crippen LogP contribution in [-0.2, 0) is 14.8 Å². The Morgan fingerprint density at radius 2 is 1.57 bits per heavy atom. The fourth-order valence-electron chi connectivity index (χ4n) is 3.64. The van der Waals surface area contributed by atoms with Crippen molar-refractivity contribution in [3.8, 4) is 5.75 Å². The molecule has 0 aliphatic carbocycles. The second-order valence-electron chi connectivity index (χ2n) is 8.85. The van der Waals surface area contributed by atoms with Crippen molar-refractivity contribution in [2.75, 3.05) is 10.8 Å². The number of aryl methyl sites for hydroxylation is 2. The maximum absolute atomic E-state index is 13.5. The summed E-state index contributed by atoms with van der Waals surface area (Å²) in [7, 11) is -4.09. The van der Waals surface area contributed by atoms with E-state index in [1.807, 2.05) is 19.9 Å². The maximum Gasteiger partial charge on any atom is 0.343 e. The number of hydrazone groups is 1. The SMILES string of the molecule is Cc1ccc(N(CC(=O)N/N=C\c2ccc(OC(=O)c3ccccc3)cc2)S(=O)(=O)c2ccc(Cl)cc2)cc1C. The summed E-state index contributed by atoms with van der Waals surface area (Å²) in [5.74, 6) is -0.761. The van der Waals surface area contributed by atoms with Crippen LogP contribution < -0.4 is 14.5 Å². The number of nitrogens with one attached hydrogen (secondary N) is 1. The molecule has 0 unspecified atom stereocenters. The van der Waals surface area contributed by atoms with E-state index in [1.54, 1.807) is 66.7 Å². The van der Waals surface area contributed by atoms with Gasteiger partial charge in [-0.05, 0) is 103 Å². The van der Waals surface area contributed by atoms with Crippen LogP contribution in [0.3, 0.4) is 0 Å². The zero-order valence-electron chi connectivity index (χ0n) is 21.7. The van der Waals surface area contributed by atoms with E-state index < -0.39 is 28.4 Å². The van der Waals surface area contributed by atoms with Crippen LogP contribution in [-0.4, -0.2) is 33.1 Å². The van der Waals surface area contributed by atoms with Gasteiger partial charge in [0.05, 0.1) is 22.4 Å². The van der Waals surface area contributed by atoms with Crippen molar-refractivity contribution in [2.45, 2.75) is 18.7 Å². The number of carbonyl (C=O) groups is 2. The molecule has 40 heavy (non-hydrogen) atoms. The highest BCUT2D eigenvalue weighted by atomic mass is 35.5. The molecule has 0 aliphatic rings. The molecule has 0 saturated heterocycles. The Bertz CT molecular complexity index is 1640. The molecule has 0 saturated carbocycles. The van der Waals surface area contributed by atoms with Gasteiger partial charge in [-0.3, -0.25) is 9.10 Å². The third kappa shape index (κ3) is 7.13. The first-order valence-electron chi connectivity index (χ1n) is 12.2. The maximum atomic E-state index is 13.5. The number of anilines is 1. The van der Waals surface area contributed by atoms with Crippen LogP contribution in [0, 0.1) is 13.8 Å². The van der Waals surface area contributed by atoms with Gasteiger partial charge in [-0.25, -0.2) is 18.6 Å². The van der Waals surface area contributed by atoms with Crippen LogP contribution in [0.15, 0.2) is 107 Å². The Balaban J connectivity index is 1.44. The largest absolute Gasteiger partial charge is 0.423 e. The predicted molar refractivity (Wildman–Crippen MR) is 155 cm³/mol. The van der Waals surface area contributed by atoms with Gasteiger partial charge in [-0.1, -0.05) is 35.9 Å². The first-order valence-corrected chi connectivity index (χ1v) is 14.0. The number of hydrogen-bond acceptors (Lipinski definition) is 6. The lowest BCUT2D eigenvalue weighted by atomic mass is 10.1. The molecule has 0 aromatic heterocycles. The van der Waals surface area contributed by atoms with Gasteiger partial charge in [0, 0.05) is 5.02 Å². The zero-order chi connectivity index (χ0) is 28.7. The lowest BCUT2D eigenvalue weighted by molar-refractivity contribution is -0.119. The summed E-state index contributed by atoms with van der Waals surface area (Å²) in [5, 5.41) is 4.35. The molecule has 0 heterocycles. The Kier molecular flexibility index (Phi) is 8.98. The summed E-state index contributed by atoms with van der Waals surface area (Å²) in [5.41, 5.74) is 5.65. The topological polar surface area (TPSA) is 105 Å². The van der Waals surface area contributed by atoms with Crippen LogP contribution in [0.4, 0.5) is 5.69 Å². The highest BCUT2D eigenvalue weighted by Gasteiger charge is 2.27. The molecule has 204 valence electrons. The Morgan fingerprint density at radius 1 is 0.900 bits per heavy atom. The van der Waals surface area contributed by atoms with Crippen LogP contribution in [0.1, 0.15) is 27.0 Å². The van der Waals surface area contributed by atoms with Gasteiger partial charge >= 0.3 is 5.97 Å². The van der Waals surface area contributed by atoms with Crippen LogP contribution in [0.2, 0.25) is 5.02 Å². The molecule has 0 spiro atoms. The highest BCUT2D eigenvalue weighted by Crippen LogP contribution is 2.26. The van der Waals surface area contributed by atoms with E-state index in [2.05, 4.69) is 10.5 Å². The van der Waals surface area contributed by atoms with E-state index in [4.69, 9.17) is 16.3 Å². The number of carbonyl (C=O) groups excluding carboxylic acids is 2. The van der Waals surface area contributed by atoms with Gasteiger partial charge in [0.2, 0.25) is 0 Å². The molecule has 0 radical (unpaired) electrons. The second kappa shape index (κ2) is 12.6. The van der Waals surface area contributed by atoms with E-state index >= 15 is 0 Å². The molecule has 0 bridgehead atoms. The van der Waals surface area contributed by atoms with Gasteiger partial charge in [0.1, 0.15) is 12.3 Å². The smallest absolute Gasteiger partial charge is 0.343 e. The highest BCUT2D eigenvalue weighted by molar-refractivity contribution is 7.92. The Hall–Kier alpha value is -4.47. The summed E-state index contributed by atoms with van der Waals surface area (Å²) in [6.45, 7) is 3.28. The van der Waals surface area contributed by atoms with Gasteiger partial charge < -0.3 is 4.74 Å². The molecule has 1 amide bonds. The molecule has 4 rings (SSSR count). The van der Waals surface area contributed by atoms with E-state index in [0.717, 1.165) is 15.4 Å².